The van der Waals surface area contributed by atoms with E-state index in [9.17, 15) is 0 Å². The van der Waals surface area contributed by atoms with Crippen LogP contribution in [0.5, 0.6) is 0 Å². The minimum absolute atomic E-state index is 0.210. The highest BCUT2D eigenvalue weighted by Gasteiger charge is 2.00. The molecule has 0 aliphatic rings. The van der Waals surface area contributed by atoms with E-state index < -0.39 is 0 Å². The zero-order chi connectivity index (χ0) is 9.84. The molecule has 13 heavy (non-hydrogen) atoms. The Labute approximate surface area is 78.7 Å². The van der Waals surface area contributed by atoms with Gasteiger partial charge >= 0.3 is 0 Å². The quantitative estimate of drug-likeness (QED) is 0.550. The van der Waals surface area contributed by atoms with Gasteiger partial charge in [0, 0.05) is 12.2 Å². The lowest BCUT2D eigenvalue weighted by atomic mass is 10.2. The van der Waals surface area contributed by atoms with Gasteiger partial charge in [-0.2, -0.15) is 0 Å². The highest BCUT2D eigenvalue weighted by Crippen LogP contribution is 2.00. The number of hydrogen-bond donors (Lipinski definition) is 1. The van der Waals surface area contributed by atoms with Crippen LogP contribution in [0.3, 0.4) is 0 Å². The van der Waals surface area contributed by atoms with Crippen LogP contribution in [0.15, 0.2) is 23.3 Å². The summed E-state index contributed by atoms with van der Waals surface area (Å²) >= 11 is 0. The summed E-state index contributed by atoms with van der Waals surface area (Å²) in [5.41, 5.74) is 7.66. The third kappa shape index (κ3) is 2.86. The second-order valence-electron chi connectivity index (χ2n) is 3.33. The summed E-state index contributed by atoms with van der Waals surface area (Å²) in [7, 11) is 0. The van der Waals surface area contributed by atoms with Crippen molar-refractivity contribution in [1.82, 2.24) is 4.98 Å². The number of amidine groups is 1. The van der Waals surface area contributed by atoms with E-state index in [1.165, 1.54) is 0 Å². The first-order valence-electron chi connectivity index (χ1n) is 4.36. The van der Waals surface area contributed by atoms with Crippen LogP contribution < -0.4 is 5.73 Å². The number of aromatic nitrogens is 1. The molecule has 2 N–H and O–H groups in total. The van der Waals surface area contributed by atoms with Crippen LogP contribution in [0.25, 0.3) is 0 Å². The average molecular weight is 177 g/mol. The molecular weight excluding hydrogens is 162 g/mol. The number of nitrogens with two attached hydrogens (primary N) is 1. The molecule has 3 nitrogen and oxygen atoms in total. The molecule has 0 aliphatic heterocycles. The van der Waals surface area contributed by atoms with Gasteiger partial charge in [-0.05, 0) is 38.5 Å². The fraction of sp³-hybridized carbons (Fsp3) is 0.400. The van der Waals surface area contributed by atoms with Gasteiger partial charge in [0.25, 0.3) is 0 Å². The first-order chi connectivity index (χ1) is 6.09. The van der Waals surface area contributed by atoms with E-state index in [1.807, 2.05) is 32.9 Å². The maximum Gasteiger partial charge on any atom is 0.144 e. The Morgan fingerprint density at radius 2 is 2.23 bits per heavy atom. The van der Waals surface area contributed by atoms with Gasteiger partial charge in [-0.25, -0.2) is 0 Å². The molecule has 1 aromatic rings. The molecule has 0 amide bonds. The number of aliphatic imine (C=N–C) groups is 1. The van der Waals surface area contributed by atoms with Crippen molar-refractivity contribution >= 4 is 5.84 Å². The Hall–Kier alpha value is -1.38. The summed E-state index contributed by atoms with van der Waals surface area (Å²) in [6, 6.07) is 4.08. The van der Waals surface area contributed by atoms with Crippen molar-refractivity contribution in [1.29, 1.82) is 0 Å². The van der Waals surface area contributed by atoms with E-state index in [1.54, 1.807) is 6.20 Å². The predicted molar refractivity (Wildman–Crippen MR) is 54.8 cm³/mol. The molecule has 0 unspecified atom stereocenters. The molecule has 0 saturated heterocycles. The second kappa shape index (κ2) is 4.03. The molecule has 0 atom stereocenters. The van der Waals surface area contributed by atoms with Gasteiger partial charge < -0.3 is 5.73 Å². The standard InChI is InChI=1S/C10H15N3/c1-7(2)13-10(11)9-6-8(3)4-5-12-9/h4-7H,1-3H3,(H2,11,13). The molecule has 0 saturated carbocycles. The monoisotopic (exact) mass is 177 g/mol. The largest absolute Gasteiger partial charge is 0.382 e. The fourth-order valence-corrected chi connectivity index (χ4v) is 1.02. The average Bonchev–Trinajstić information content (AvgIpc) is 2.03. The first kappa shape index (κ1) is 9.71. The SMILES string of the molecule is Cc1ccnc(C(N)=NC(C)C)c1. The third-order valence-electron chi connectivity index (χ3n) is 1.58. The van der Waals surface area contributed by atoms with Gasteiger partial charge in [-0.1, -0.05) is 0 Å². The number of rotatable bonds is 2. The van der Waals surface area contributed by atoms with Gasteiger partial charge in [0.15, 0.2) is 0 Å². The van der Waals surface area contributed by atoms with E-state index in [-0.39, 0.29) is 6.04 Å². The molecular formula is C10H15N3. The van der Waals surface area contributed by atoms with Crippen molar-refractivity contribution in [2.75, 3.05) is 0 Å². The minimum Gasteiger partial charge on any atom is -0.382 e. The van der Waals surface area contributed by atoms with Crippen molar-refractivity contribution in [3.05, 3.63) is 29.6 Å². The number of pyridine rings is 1. The minimum atomic E-state index is 0.210. The highest BCUT2D eigenvalue weighted by molar-refractivity contribution is 5.95. The molecule has 1 rings (SSSR count). The predicted octanol–water partition coefficient (Wildman–Crippen LogP) is 1.50. The van der Waals surface area contributed by atoms with Gasteiger partial charge in [0.05, 0.1) is 0 Å². The molecule has 70 valence electrons. The number of hydrogen-bond acceptors (Lipinski definition) is 2. The van der Waals surface area contributed by atoms with Crippen LogP contribution in [0.2, 0.25) is 0 Å². The first-order valence-corrected chi connectivity index (χ1v) is 4.36. The van der Waals surface area contributed by atoms with Crippen LogP contribution >= 0.6 is 0 Å². The van der Waals surface area contributed by atoms with Crippen LogP contribution in [0.4, 0.5) is 0 Å². The molecule has 0 bridgehead atoms. The van der Waals surface area contributed by atoms with Gasteiger partial charge in [0.1, 0.15) is 11.5 Å². The van der Waals surface area contributed by atoms with Crippen molar-refractivity contribution in [3.63, 3.8) is 0 Å². The summed E-state index contributed by atoms with van der Waals surface area (Å²) in [6.07, 6.45) is 1.74. The summed E-state index contributed by atoms with van der Waals surface area (Å²) in [5, 5.41) is 0. The van der Waals surface area contributed by atoms with Crippen molar-refractivity contribution in [2.45, 2.75) is 26.8 Å². The number of aryl methyl sites for hydroxylation is 1. The maximum atomic E-state index is 5.75. The topological polar surface area (TPSA) is 51.3 Å². The summed E-state index contributed by atoms with van der Waals surface area (Å²) < 4.78 is 0. The zero-order valence-corrected chi connectivity index (χ0v) is 8.28. The Balaban J connectivity index is 2.95. The van der Waals surface area contributed by atoms with E-state index in [4.69, 9.17) is 5.73 Å². The molecule has 0 spiro atoms. The van der Waals surface area contributed by atoms with Crippen molar-refractivity contribution < 1.29 is 0 Å². The molecule has 0 fully saturated rings. The van der Waals surface area contributed by atoms with E-state index >= 15 is 0 Å². The smallest absolute Gasteiger partial charge is 0.144 e. The van der Waals surface area contributed by atoms with E-state index in [0.29, 0.717) is 5.84 Å². The molecule has 3 heteroatoms. The molecule has 0 aliphatic carbocycles. The molecule has 0 aromatic carbocycles. The molecule has 1 heterocycles. The van der Waals surface area contributed by atoms with Gasteiger partial charge in [-0.15, -0.1) is 0 Å². The van der Waals surface area contributed by atoms with Crippen LogP contribution in [0, 0.1) is 6.92 Å². The Bertz CT molecular complexity index is 316. The normalized spacial score (nSPS) is 12.2. The van der Waals surface area contributed by atoms with Crippen molar-refractivity contribution in [2.24, 2.45) is 10.7 Å². The van der Waals surface area contributed by atoms with Gasteiger partial charge in [-0.3, -0.25) is 9.98 Å². The van der Waals surface area contributed by atoms with Crippen LogP contribution in [-0.4, -0.2) is 16.9 Å². The summed E-state index contributed by atoms with van der Waals surface area (Å²) in [5.74, 6) is 0.513. The summed E-state index contributed by atoms with van der Waals surface area (Å²) in [4.78, 5) is 8.36. The Morgan fingerprint density at radius 1 is 1.54 bits per heavy atom. The van der Waals surface area contributed by atoms with Crippen molar-refractivity contribution in [3.8, 4) is 0 Å². The van der Waals surface area contributed by atoms with E-state index in [0.717, 1.165) is 11.3 Å². The fourth-order valence-electron chi connectivity index (χ4n) is 1.02. The van der Waals surface area contributed by atoms with Gasteiger partial charge in [0.2, 0.25) is 0 Å². The van der Waals surface area contributed by atoms with Crippen LogP contribution in [-0.2, 0) is 0 Å². The maximum absolute atomic E-state index is 5.75. The number of nitrogens with zero attached hydrogens (tertiary/aromatic N) is 2. The summed E-state index contributed by atoms with van der Waals surface area (Å²) in [6.45, 7) is 5.99. The molecule has 0 radical (unpaired) electrons. The van der Waals surface area contributed by atoms with Crippen LogP contribution in [0.1, 0.15) is 25.1 Å². The zero-order valence-electron chi connectivity index (χ0n) is 8.28. The lowest BCUT2D eigenvalue weighted by Crippen LogP contribution is -2.17. The highest BCUT2D eigenvalue weighted by atomic mass is 14.9. The lowest BCUT2D eigenvalue weighted by Gasteiger charge is -2.02. The molecule has 1 aromatic heterocycles. The lowest BCUT2D eigenvalue weighted by molar-refractivity contribution is 0.833. The van der Waals surface area contributed by atoms with E-state index in [2.05, 4.69) is 9.98 Å². The third-order valence-corrected chi connectivity index (χ3v) is 1.58. The Kier molecular flexibility index (Phi) is 3.01. The second-order valence-corrected chi connectivity index (χ2v) is 3.33. The Morgan fingerprint density at radius 3 is 2.77 bits per heavy atom.